The number of carbonyl (C=O) groups is 2. The van der Waals surface area contributed by atoms with Gasteiger partial charge in [0.25, 0.3) is 0 Å². The number of nitrogens with one attached hydrogen (secondary N) is 1. The van der Waals surface area contributed by atoms with Gasteiger partial charge >= 0.3 is 0 Å². The zero-order chi connectivity index (χ0) is 20.7. The zero-order valence-electron chi connectivity index (χ0n) is 17.5. The van der Waals surface area contributed by atoms with Gasteiger partial charge in [-0.05, 0) is 70.3 Å². The normalized spacial score (nSPS) is 19.9. The van der Waals surface area contributed by atoms with Crippen LogP contribution in [0.4, 0.5) is 0 Å². The van der Waals surface area contributed by atoms with Crippen LogP contribution in [0.2, 0.25) is 0 Å². The Hall–Kier alpha value is -2.60. The van der Waals surface area contributed by atoms with E-state index in [1.54, 1.807) is 6.92 Å². The monoisotopic (exact) mass is 396 g/mol. The topological polar surface area (TPSA) is 71.6 Å². The van der Waals surface area contributed by atoms with Crippen molar-refractivity contribution >= 4 is 11.6 Å². The summed E-state index contributed by atoms with van der Waals surface area (Å²) in [7, 11) is 0. The van der Waals surface area contributed by atoms with E-state index in [9.17, 15) is 9.59 Å². The highest BCUT2D eigenvalue weighted by Crippen LogP contribution is 2.39. The largest absolute Gasteiger partial charge is 0.486 e. The Morgan fingerprint density at radius 3 is 2.59 bits per heavy atom. The van der Waals surface area contributed by atoms with Crippen LogP contribution in [0.15, 0.2) is 18.2 Å². The van der Waals surface area contributed by atoms with Gasteiger partial charge in [-0.15, -0.1) is 0 Å². The summed E-state index contributed by atoms with van der Waals surface area (Å²) in [6, 6.07) is 5.96. The van der Waals surface area contributed by atoms with E-state index in [0.717, 1.165) is 47.7 Å². The minimum Gasteiger partial charge on any atom is -0.486 e. The van der Waals surface area contributed by atoms with Crippen molar-refractivity contribution in [3.05, 3.63) is 46.3 Å². The van der Waals surface area contributed by atoms with Gasteiger partial charge in [-0.3, -0.25) is 14.5 Å². The van der Waals surface area contributed by atoms with Crippen molar-refractivity contribution in [3.63, 3.8) is 0 Å². The summed E-state index contributed by atoms with van der Waals surface area (Å²) in [6.45, 7) is 9.20. The standard InChI is InChI=1S/C23H28N2O4/c1-13-21(16(4)26)14(2)24-22(13)23(27)15(3)25-9-5-6-18(25)17-7-8-19-20(12-17)29-11-10-28-19/h7-8,12,15,18,24H,5-6,9-11H2,1-4H3/t15-,18+/m0/s1. The molecule has 6 heteroatoms. The van der Waals surface area contributed by atoms with Crippen molar-refractivity contribution in [2.75, 3.05) is 19.8 Å². The molecular weight excluding hydrogens is 368 g/mol. The zero-order valence-corrected chi connectivity index (χ0v) is 17.5. The molecule has 0 spiro atoms. The average Bonchev–Trinajstić information content (AvgIpc) is 3.30. The van der Waals surface area contributed by atoms with Crippen LogP contribution in [0, 0.1) is 13.8 Å². The molecule has 154 valence electrons. The average molecular weight is 396 g/mol. The second-order valence-electron chi connectivity index (χ2n) is 8.02. The number of ether oxygens (including phenoxy) is 2. The van der Waals surface area contributed by atoms with Gasteiger partial charge in [0.15, 0.2) is 23.1 Å². The molecule has 0 radical (unpaired) electrons. The van der Waals surface area contributed by atoms with E-state index >= 15 is 0 Å². The fourth-order valence-corrected chi connectivity index (χ4v) is 4.76. The molecule has 1 aromatic heterocycles. The Bertz CT molecular complexity index is 962. The van der Waals surface area contributed by atoms with E-state index in [4.69, 9.17) is 9.47 Å². The Kier molecular flexibility index (Phi) is 5.21. The number of aryl methyl sites for hydroxylation is 1. The summed E-state index contributed by atoms with van der Waals surface area (Å²) in [5.74, 6) is 1.57. The molecule has 1 saturated heterocycles. The first-order chi connectivity index (χ1) is 13.9. The fraction of sp³-hybridized carbons (Fsp3) is 0.478. The summed E-state index contributed by atoms with van der Waals surface area (Å²) in [5.41, 5.74) is 3.84. The third-order valence-corrected chi connectivity index (χ3v) is 6.16. The van der Waals surface area contributed by atoms with Crippen LogP contribution in [0.3, 0.4) is 0 Å². The summed E-state index contributed by atoms with van der Waals surface area (Å²) in [6.07, 6.45) is 2.04. The first kappa shape index (κ1) is 19.7. The Morgan fingerprint density at radius 1 is 1.17 bits per heavy atom. The van der Waals surface area contributed by atoms with E-state index in [1.165, 1.54) is 0 Å². The van der Waals surface area contributed by atoms with Crippen LogP contribution in [-0.2, 0) is 0 Å². The second-order valence-corrected chi connectivity index (χ2v) is 8.02. The molecule has 1 fully saturated rings. The van der Waals surface area contributed by atoms with Crippen molar-refractivity contribution in [1.29, 1.82) is 0 Å². The van der Waals surface area contributed by atoms with E-state index in [2.05, 4.69) is 16.0 Å². The molecule has 6 nitrogen and oxygen atoms in total. The third-order valence-electron chi connectivity index (χ3n) is 6.16. The molecule has 29 heavy (non-hydrogen) atoms. The van der Waals surface area contributed by atoms with Gasteiger partial charge in [0.05, 0.1) is 11.7 Å². The third kappa shape index (κ3) is 3.46. The quantitative estimate of drug-likeness (QED) is 0.773. The van der Waals surface area contributed by atoms with E-state index in [-0.39, 0.29) is 23.7 Å². The summed E-state index contributed by atoms with van der Waals surface area (Å²) >= 11 is 0. The van der Waals surface area contributed by atoms with Crippen molar-refractivity contribution in [2.45, 2.75) is 52.6 Å². The summed E-state index contributed by atoms with van der Waals surface area (Å²) in [5, 5.41) is 0. The lowest BCUT2D eigenvalue weighted by Gasteiger charge is -2.30. The molecule has 1 aromatic carbocycles. The highest BCUT2D eigenvalue weighted by molar-refractivity contribution is 6.05. The minimum atomic E-state index is -0.285. The molecule has 0 amide bonds. The molecule has 0 aliphatic carbocycles. The van der Waals surface area contributed by atoms with Crippen molar-refractivity contribution in [3.8, 4) is 11.5 Å². The molecule has 2 aliphatic heterocycles. The number of aromatic amines is 1. The van der Waals surface area contributed by atoms with E-state index in [0.29, 0.717) is 24.5 Å². The number of nitrogens with zero attached hydrogens (tertiary/aromatic N) is 1. The van der Waals surface area contributed by atoms with E-state index < -0.39 is 0 Å². The van der Waals surface area contributed by atoms with Crippen LogP contribution >= 0.6 is 0 Å². The van der Waals surface area contributed by atoms with Gasteiger partial charge in [-0.1, -0.05) is 6.07 Å². The van der Waals surface area contributed by atoms with E-state index in [1.807, 2.05) is 32.9 Å². The predicted molar refractivity (Wildman–Crippen MR) is 110 cm³/mol. The number of ketones is 2. The maximum Gasteiger partial charge on any atom is 0.196 e. The van der Waals surface area contributed by atoms with Crippen LogP contribution < -0.4 is 9.47 Å². The number of H-pyrrole nitrogens is 1. The number of benzene rings is 1. The predicted octanol–water partition coefficient (Wildman–Crippen LogP) is 4.01. The molecule has 1 N–H and O–H groups in total. The van der Waals surface area contributed by atoms with Gasteiger partial charge in [-0.2, -0.15) is 0 Å². The summed E-state index contributed by atoms with van der Waals surface area (Å²) < 4.78 is 11.4. The fourth-order valence-electron chi connectivity index (χ4n) is 4.76. The van der Waals surface area contributed by atoms with Crippen LogP contribution in [0.1, 0.15) is 70.4 Å². The van der Waals surface area contributed by atoms with Crippen molar-refractivity contribution in [1.82, 2.24) is 9.88 Å². The molecule has 3 heterocycles. The van der Waals surface area contributed by atoms with Crippen LogP contribution in [-0.4, -0.2) is 47.3 Å². The number of hydrogen-bond donors (Lipinski definition) is 1. The van der Waals surface area contributed by atoms with Gasteiger partial charge in [0.1, 0.15) is 13.2 Å². The number of aromatic nitrogens is 1. The number of Topliss-reactive ketones (excluding diaryl/α,β-unsaturated/α-hetero) is 2. The minimum absolute atomic E-state index is 0.0155. The van der Waals surface area contributed by atoms with Gasteiger partial charge < -0.3 is 14.5 Å². The van der Waals surface area contributed by atoms with Crippen molar-refractivity contribution < 1.29 is 19.1 Å². The maximum atomic E-state index is 13.3. The Labute approximate surface area is 171 Å². The maximum absolute atomic E-state index is 13.3. The smallest absolute Gasteiger partial charge is 0.196 e. The van der Waals surface area contributed by atoms with Crippen LogP contribution in [0.5, 0.6) is 11.5 Å². The second kappa shape index (κ2) is 7.67. The van der Waals surface area contributed by atoms with Crippen LogP contribution in [0.25, 0.3) is 0 Å². The number of fused-ring (bicyclic) bond motifs is 1. The molecule has 2 aromatic rings. The summed E-state index contributed by atoms with van der Waals surface area (Å²) in [4.78, 5) is 30.7. The lowest BCUT2D eigenvalue weighted by atomic mass is 9.99. The number of rotatable bonds is 5. The highest BCUT2D eigenvalue weighted by Gasteiger charge is 2.35. The van der Waals surface area contributed by atoms with Gasteiger partial charge in [-0.25, -0.2) is 0 Å². The van der Waals surface area contributed by atoms with Gasteiger partial charge in [0.2, 0.25) is 0 Å². The molecule has 0 saturated carbocycles. The SMILES string of the molecule is CC(=O)c1c(C)[nH]c(C(=O)[C@H](C)N2CCC[C@@H]2c2ccc3c(c2)OCCO3)c1C. The number of hydrogen-bond acceptors (Lipinski definition) is 5. The Morgan fingerprint density at radius 2 is 1.90 bits per heavy atom. The molecule has 0 bridgehead atoms. The molecule has 4 rings (SSSR count). The molecule has 2 atom stereocenters. The van der Waals surface area contributed by atoms with Gasteiger partial charge in [0, 0.05) is 17.3 Å². The number of likely N-dealkylation sites (tertiary alicyclic amines) is 1. The lowest BCUT2D eigenvalue weighted by Crippen LogP contribution is -2.39. The number of carbonyl (C=O) groups excluding carboxylic acids is 2. The molecular formula is C23H28N2O4. The highest BCUT2D eigenvalue weighted by atomic mass is 16.6. The van der Waals surface area contributed by atoms with Crippen molar-refractivity contribution in [2.24, 2.45) is 0 Å². The lowest BCUT2D eigenvalue weighted by molar-refractivity contribution is 0.0814. The first-order valence-corrected chi connectivity index (χ1v) is 10.3. The molecule has 0 unspecified atom stereocenters. The first-order valence-electron chi connectivity index (χ1n) is 10.3. The Balaban J connectivity index is 1.60. The molecule has 2 aliphatic rings.